The first-order valence-electron chi connectivity index (χ1n) is 8.73. The zero-order valence-corrected chi connectivity index (χ0v) is 16.7. The first-order valence-corrected chi connectivity index (χ1v) is 9.26. The van der Waals surface area contributed by atoms with Gasteiger partial charge in [-0.1, -0.05) is 12.1 Å². The Labute approximate surface area is 166 Å². The number of alkyl halides is 1. The Hall–Kier alpha value is -2.74. The summed E-state index contributed by atoms with van der Waals surface area (Å²) in [6.45, 7) is 5.22. The van der Waals surface area contributed by atoms with Crippen molar-refractivity contribution in [1.82, 2.24) is 10.3 Å². The number of fused-ring (bicyclic) bond motifs is 1. The van der Waals surface area contributed by atoms with Gasteiger partial charge in [0.05, 0.1) is 30.4 Å². The van der Waals surface area contributed by atoms with Gasteiger partial charge in [0.15, 0.2) is 0 Å². The number of allylic oxidation sites excluding steroid dienone is 1. The van der Waals surface area contributed by atoms with Gasteiger partial charge < -0.3 is 9.47 Å². The van der Waals surface area contributed by atoms with Crippen molar-refractivity contribution in [3.05, 3.63) is 35.0 Å². The number of ether oxygens (including phenoxy) is 2. The van der Waals surface area contributed by atoms with Crippen LogP contribution in [-0.4, -0.2) is 47.1 Å². The zero-order valence-electron chi connectivity index (χ0n) is 15.9. The number of hydrogen-bond donors (Lipinski definition) is 0. The summed E-state index contributed by atoms with van der Waals surface area (Å²) in [4.78, 5) is 30.0. The summed E-state index contributed by atoms with van der Waals surface area (Å²) < 4.78 is 15.3. The number of aromatic nitrogens is 2. The average Bonchev–Trinajstić information content (AvgIpc) is 3.14. The number of carbonyl (C=O) groups excluding carboxylic acids is 2. The van der Waals surface area contributed by atoms with Gasteiger partial charge in [0.25, 0.3) is 0 Å². The number of aliphatic imine (C=N–C) groups is 1. The average molecular weight is 406 g/mol. The quantitative estimate of drug-likeness (QED) is 0.556. The molecule has 0 fully saturated rings. The van der Waals surface area contributed by atoms with Gasteiger partial charge in [0.2, 0.25) is 0 Å². The number of nitrogens with zero attached hydrogens (tertiary/aromatic N) is 3. The smallest absolute Gasteiger partial charge is 0.336 e. The number of esters is 2. The maximum atomic E-state index is 13.0. The first kappa shape index (κ1) is 20.0. The third-order valence-electron chi connectivity index (χ3n) is 4.51. The highest BCUT2D eigenvalue weighted by molar-refractivity contribution is 6.20. The lowest BCUT2D eigenvalue weighted by Crippen LogP contribution is -2.37. The second-order valence-electron chi connectivity index (χ2n) is 6.66. The Kier molecular flexibility index (Phi) is 5.79. The van der Waals surface area contributed by atoms with E-state index in [4.69, 9.17) is 25.7 Å². The molecule has 148 valence electrons. The van der Waals surface area contributed by atoms with Crippen molar-refractivity contribution in [2.24, 2.45) is 10.9 Å². The molecule has 0 N–H and O–H groups in total. The van der Waals surface area contributed by atoms with Crippen molar-refractivity contribution < 1.29 is 23.7 Å². The lowest BCUT2D eigenvalue weighted by atomic mass is 9.75. The molecule has 0 saturated heterocycles. The normalized spacial score (nSPS) is 19.7. The molecule has 3 rings (SSSR count). The van der Waals surface area contributed by atoms with Crippen LogP contribution < -0.4 is 0 Å². The van der Waals surface area contributed by atoms with E-state index in [0.717, 1.165) is 0 Å². The summed E-state index contributed by atoms with van der Waals surface area (Å²) >= 11 is 6.07. The Morgan fingerprint density at radius 1 is 1.29 bits per heavy atom. The summed E-state index contributed by atoms with van der Waals surface area (Å²) in [5.41, 5.74) is 2.57. The molecule has 0 saturated carbocycles. The Morgan fingerprint density at radius 3 is 2.68 bits per heavy atom. The molecular formula is C19H20ClN3O5. The molecule has 1 aromatic carbocycles. The summed E-state index contributed by atoms with van der Waals surface area (Å²) in [5, 5.41) is 7.81. The van der Waals surface area contributed by atoms with Gasteiger partial charge in [-0.15, -0.1) is 11.6 Å². The summed E-state index contributed by atoms with van der Waals surface area (Å²) in [6, 6.07) is 5.24. The fourth-order valence-electron chi connectivity index (χ4n) is 3.41. The molecule has 2 atom stereocenters. The van der Waals surface area contributed by atoms with E-state index in [9.17, 15) is 9.59 Å². The highest BCUT2D eigenvalue weighted by Gasteiger charge is 2.44. The molecule has 0 amide bonds. The highest BCUT2D eigenvalue weighted by atomic mass is 35.5. The van der Waals surface area contributed by atoms with E-state index in [0.29, 0.717) is 28.0 Å². The topological polar surface area (TPSA) is 104 Å². The molecule has 1 aliphatic rings. The minimum atomic E-state index is -0.842. The van der Waals surface area contributed by atoms with Crippen molar-refractivity contribution in [3.63, 3.8) is 0 Å². The monoisotopic (exact) mass is 405 g/mol. The highest BCUT2D eigenvalue weighted by Crippen LogP contribution is 2.42. The van der Waals surface area contributed by atoms with E-state index >= 15 is 0 Å². The molecule has 2 heterocycles. The molecular weight excluding hydrogens is 386 g/mol. The molecule has 2 aromatic rings. The maximum absolute atomic E-state index is 13.0. The lowest BCUT2D eigenvalue weighted by molar-refractivity contribution is -0.150. The second kappa shape index (κ2) is 8.10. The molecule has 1 aromatic heterocycles. The number of rotatable bonds is 5. The molecule has 8 nitrogen and oxygen atoms in total. The molecule has 2 unspecified atom stereocenters. The molecule has 28 heavy (non-hydrogen) atoms. The maximum Gasteiger partial charge on any atom is 0.336 e. The lowest BCUT2D eigenvalue weighted by Gasteiger charge is -2.32. The first-order chi connectivity index (χ1) is 13.4. The van der Waals surface area contributed by atoms with Gasteiger partial charge in [-0.2, -0.15) is 0 Å². The Morgan fingerprint density at radius 2 is 2.04 bits per heavy atom. The van der Waals surface area contributed by atoms with Crippen molar-refractivity contribution in [3.8, 4) is 0 Å². The van der Waals surface area contributed by atoms with Crippen LogP contribution in [0.1, 0.15) is 32.3 Å². The third kappa shape index (κ3) is 3.52. The number of benzene rings is 1. The SMILES string of the molecule is COC(=O)C1=C(CCl)N=C(C)C(C(=O)OC(C)C)C1c1cccc2nonc12. The van der Waals surface area contributed by atoms with E-state index in [2.05, 4.69) is 15.3 Å². The standard InChI is InChI=1S/C19H20ClN3O5/c1-9(2)27-19(25)14-10(3)21-13(8-20)16(18(24)26-4)15(14)11-6-5-7-12-17(11)23-28-22-12/h5-7,9,14-15H,8H2,1-4H3. The zero-order chi connectivity index (χ0) is 20.4. The largest absolute Gasteiger partial charge is 0.466 e. The predicted molar refractivity (Wildman–Crippen MR) is 102 cm³/mol. The van der Waals surface area contributed by atoms with E-state index < -0.39 is 23.8 Å². The van der Waals surface area contributed by atoms with Gasteiger partial charge in [-0.3, -0.25) is 9.79 Å². The van der Waals surface area contributed by atoms with Crippen LogP contribution >= 0.6 is 11.6 Å². The predicted octanol–water partition coefficient (Wildman–Crippen LogP) is 3.01. The van der Waals surface area contributed by atoms with Crippen molar-refractivity contribution >= 4 is 40.3 Å². The van der Waals surface area contributed by atoms with Gasteiger partial charge in [0.1, 0.15) is 17.0 Å². The van der Waals surface area contributed by atoms with Crippen LogP contribution in [0.3, 0.4) is 0 Å². The van der Waals surface area contributed by atoms with Crippen LogP contribution in [0.2, 0.25) is 0 Å². The Bertz CT molecular complexity index is 979. The Balaban J connectivity index is 2.27. The van der Waals surface area contributed by atoms with E-state index in [1.54, 1.807) is 39.0 Å². The molecule has 0 aliphatic carbocycles. The second-order valence-corrected chi connectivity index (χ2v) is 6.93. The van der Waals surface area contributed by atoms with E-state index in [-0.39, 0.29) is 17.6 Å². The molecule has 0 radical (unpaired) electrons. The third-order valence-corrected chi connectivity index (χ3v) is 4.76. The van der Waals surface area contributed by atoms with E-state index in [1.807, 2.05) is 0 Å². The van der Waals surface area contributed by atoms with Crippen LogP contribution in [0.4, 0.5) is 0 Å². The van der Waals surface area contributed by atoms with Gasteiger partial charge in [-0.25, -0.2) is 9.42 Å². The molecule has 9 heteroatoms. The van der Waals surface area contributed by atoms with Gasteiger partial charge in [0, 0.05) is 11.6 Å². The van der Waals surface area contributed by atoms with Crippen molar-refractivity contribution in [2.75, 3.05) is 13.0 Å². The minimum Gasteiger partial charge on any atom is -0.466 e. The fraction of sp³-hybridized carbons (Fsp3) is 0.421. The minimum absolute atomic E-state index is 0.0166. The van der Waals surface area contributed by atoms with Crippen molar-refractivity contribution in [1.29, 1.82) is 0 Å². The molecule has 0 bridgehead atoms. The van der Waals surface area contributed by atoms with Crippen LogP contribution in [0.25, 0.3) is 11.0 Å². The summed E-state index contributed by atoms with van der Waals surface area (Å²) in [6.07, 6.45) is -0.328. The van der Waals surface area contributed by atoms with E-state index in [1.165, 1.54) is 7.11 Å². The fourth-order valence-corrected chi connectivity index (χ4v) is 3.62. The van der Waals surface area contributed by atoms with Crippen LogP contribution in [0.15, 0.2) is 39.1 Å². The number of methoxy groups -OCH3 is 1. The van der Waals surface area contributed by atoms with Crippen molar-refractivity contribution in [2.45, 2.75) is 32.8 Å². The summed E-state index contributed by atoms with van der Waals surface area (Å²) in [7, 11) is 1.27. The van der Waals surface area contributed by atoms with Crippen LogP contribution in [0.5, 0.6) is 0 Å². The summed E-state index contributed by atoms with van der Waals surface area (Å²) in [5.74, 6) is -2.72. The van der Waals surface area contributed by atoms with Gasteiger partial charge >= 0.3 is 11.9 Å². The molecule has 1 aliphatic heterocycles. The molecule has 0 spiro atoms. The number of carbonyl (C=O) groups is 2. The number of hydrogen-bond acceptors (Lipinski definition) is 8. The van der Waals surface area contributed by atoms with Crippen LogP contribution in [-0.2, 0) is 19.1 Å². The van der Waals surface area contributed by atoms with Crippen LogP contribution in [0, 0.1) is 5.92 Å². The van der Waals surface area contributed by atoms with Gasteiger partial charge in [-0.05, 0) is 42.7 Å². The number of halogens is 1.